The first-order chi connectivity index (χ1) is 14.1. The van der Waals surface area contributed by atoms with Crippen molar-refractivity contribution in [1.29, 1.82) is 0 Å². The molecule has 0 aromatic heterocycles. The SMILES string of the molecule is CC1Oc2ccccc2N(CC(=O)Nc2ccc(Nc3ccccc3)cc2)C1=O. The second-order valence-electron chi connectivity index (χ2n) is 6.77. The van der Waals surface area contributed by atoms with E-state index >= 15 is 0 Å². The minimum atomic E-state index is -0.624. The molecule has 4 rings (SSSR count). The third-order valence-electron chi connectivity index (χ3n) is 4.61. The molecule has 1 aliphatic heterocycles. The quantitative estimate of drug-likeness (QED) is 0.689. The van der Waals surface area contributed by atoms with Gasteiger partial charge in [-0.2, -0.15) is 0 Å². The zero-order valence-corrected chi connectivity index (χ0v) is 16.0. The molecule has 6 heteroatoms. The maximum Gasteiger partial charge on any atom is 0.268 e. The second kappa shape index (κ2) is 8.06. The van der Waals surface area contributed by atoms with Crippen LogP contribution >= 0.6 is 0 Å². The van der Waals surface area contributed by atoms with Crippen molar-refractivity contribution in [2.75, 3.05) is 22.1 Å². The molecule has 1 atom stereocenters. The molecule has 0 fully saturated rings. The number of rotatable bonds is 5. The molecule has 1 aliphatic rings. The van der Waals surface area contributed by atoms with Crippen LogP contribution in [0.5, 0.6) is 5.75 Å². The largest absolute Gasteiger partial charge is 0.479 e. The normalized spacial score (nSPS) is 15.3. The van der Waals surface area contributed by atoms with Gasteiger partial charge in [-0.15, -0.1) is 0 Å². The van der Waals surface area contributed by atoms with Gasteiger partial charge < -0.3 is 15.4 Å². The first kappa shape index (κ1) is 18.6. The van der Waals surface area contributed by atoms with E-state index < -0.39 is 6.10 Å². The summed E-state index contributed by atoms with van der Waals surface area (Å²) in [7, 11) is 0. The van der Waals surface area contributed by atoms with Crippen molar-refractivity contribution in [3.63, 3.8) is 0 Å². The smallest absolute Gasteiger partial charge is 0.268 e. The fourth-order valence-corrected chi connectivity index (χ4v) is 3.19. The van der Waals surface area contributed by atoms with Crippen LogP contribution in [0.4, 0.5) is 22.7 Å². The lowest BCUT2D eigenvalue weighted by molar-refractivity contribution is -0.127. The van der Waals surface area contributed by atoms with Crippen molar-refractivity contribution >= 4 is 34.6 Å². The molecule has 0 saturated carbocycles. The first-order valence-electron chi connectivity index (χ1n) is 9.39. The number of carbonyl (C=O) groups excluding carboxylic acids is 2. The van der Waals surface area contributed by atoms with Gasteiger partial charge in [0.25, 0.3) is 5.91 Å². The standard InChI is InChI=1S/C23H21N3O3/c1-16-23(28)26(20-9-5-6-10-21(20)29-16)15-22(27)25-19-13-11-18(12-14-19)24-17-7-3-2-4-8-17/h2-14,16,24H,15H2,1H3,(H,25,27). The molecule has 3 aromatic carbocycles. The van der Waals surface area contributed by atoms with Gasteiger partial charge in [-0.25, -0.2) is 0 Å². The van der Waals surface area contributed by atoms with Gasteiger partial charge in [0.15, 0.2) is 6.10 Å². The summed E-state index contributed by atoms with van der Waals surface area (Å²) in [6.07, 6.45) is -0.624. The van der Waals surface area contributed by atoms with E-state index in [4.69, 9.17) is 4.74 Å². The van der Waals surface area contributed by atoms with Crippen molar-refractivity contribution < 1.29 is 14.3 Å². The number of hydrogen-bond acceptors (Lipinski definition) is 4. The Hall–Kier alpha value is -3.80. The Labute approximate surface area is 169 Å². The Balaban J connectivity index is 1.41. The van der Waals surface area contributed by atoms with Crippen LogP contribution in [0, 0.1) is 0 Å². The van der Waals surface area contributed by atoms with Crippen LogP contribution in [-0.4, -0.2) is 24.5 Å². The number of para-hydroxylation sites is 3. The van der Waals surface area contributed by atoms with Gasteiger partial charge >= 0.3 is 0 Å². The zero-order chi connectivity index (χ0) is 20.2. The molecule has 0 radical (unpaired) electrons. The summed E-state index contributed by atoms with van der Waals surface area (Å²) < 4.78 is 5.61. The van der Waals surface area contributed by atoms with Gasteiger partial charge in [-0.1, -0.05) is 30.3 Å². The number of nitrogens with zero attached hydrogens (tertiary/aromatic N) is 1. The highest BCUT2D eigenvalue weighted by Gasteiger charge is 2.32. The van der Waals surface area contributed by atoms with Gasteiger partial charge in [0, 0.05) is 17.1 Å². The molecule has 1 heterocycles. The lowest BCUT2D eigenvalue weighted by Gasteiger charge is -2.32. The molecule has 29 heavy (non-hydrogen) atoms. The lowest BCUT2D eigenvalue weighted by atomic mass is 10.2. The third-order valence-corrected chi connectivity index (χ3v) is 4.61. The Morgan fingerprint density at radius 2 is 1.52 bits per heavy atom. The van der Waals surface area contributed by atoms with Gasteiger partial charge in [0.2, 0.25) is 5.91 Å². The maximum absolute atomic E-state index is 12.6. The Bertz CT molecular complexity index is 1020. The maximum atomic E-state index is 12.6. The Morgan fingerprint density at radius 3 is 2.28 bits per heavy atom. The monoisotopic (exact) mass is 387 g/mol. The number of benzene rings is 3. The van der Waals surface area contributed by atoms with E-state index in [2.05, 4.69) is 10.6 Å². The summed E-state index contributed by atoms with van der Waals surface area (Å²) >= 11 is 0. The van der Waals surface area contributed by atoms with Crippen molar-refractivity contribution in [3.8, 4) is 5.75 Å². The van der Waals surface area contributed by atoms with E-state index in [0.29, 0.717) is 17.1 Å². The summed E-state index contributed by atoms with van der Waals surface area (Å²) in [5, 5.41) is 6.14. The van der Waals surface area contributed by atoms with Crippen molar-refractivity contribution in [3.05, 3.63) is 78.9 Å². The predicted molar refractivity (Wildman–Crippen MR) is 114 cm³/mol. The average molecular weight is 387 g/mol. The molecule has 146 valence electrons. The number of hydrogen-bond donors (Lipinski definition) is 2. The highest BCUT2D eigenvalue weighted by atomic mass is 16.5. The lowest BCUT2D eigenvalue weighted by Crippen LogP contribution is -2.47. The zero-order valence-electron chi connectivity index (χ0n) is 16.0. The first-order valence-corrected chi connectivity index (χ1v) is 9.39. The van der Waals surface area contributed by atoms with E-state index in [9.17, 15) is 9.59 Å². The molecule has 2 amide bonds. The van der Waals surface area contributed by atoms with E-state index in [1.54, 1.807) is 19.1 Å². The summed E-state index contributed by atoms with van der Waals surface area (Å²) in [6, 6.07) is 24.5. The van der Waals surface area contributed by atoms with Crippen LogP contribution < -0.4 is 20.3 Å². The van der Waals surface area contributed by atoms with Crippen molar-refractivity contribution in [2.24, 2.45) is 0 Å². The van der Waals surface area contributed by atoms with E-state index in [1.807, 2.05) is 66.7 Å². The molecule has 0 saturated heterocycles. The predicted octanol–water partition coefficient (Wildman–Crippen LogP) is 4.18. The van der Waals surface area contributed by atoms with Gasteiger partial charge in [0.05, 0.1) is 5.69 Å². The van der Waals surface area contributed by atoms with Gasteiger partial charge in [-0.3, -0.25) is 14.5 Å². The fraction of sp³-hybridized carbons (Fsp3) is 0.130. The summed E-state index contributed by atoms with van der Waals surface area (Å²) in [4.78, 5) is 26.5. The summed E-state index contributed by atoms with van der Waals surface area (Å²) in [5.41, 5.74) is 3.17. The van der Waals surface area contributed by atoms with E-state index in [-0.39, 0.29) is 18.4 Å². The summed E-state index contributed by atoms with van der Waals surface area (Å²) in [6.45, 7) is 1.61. The van der Waals surface area contributed by atoms with Gasteiger partial charge in [-0.05, 0) is 55.5 Å². The molecule has 2 N–H and O–H groups in total. The number of anilines is 4. The molecule has 6 nitrogen and oxygen atoms in total. The molecule has 1 unspecified atom stereocenters. The van der Waals surface area contributed by atoms with Crippen LogP contribution in [0.25, 0.3) is 0 Å². The minimum absolute atomic E-state index is 0.0758. The Morgan fingerprint density at radius 1 is 0.897 bits per heavy atom. The average Bonchev–Trinajstić information content (AvgIpc) is 2.73. The topological polar surface area (TPSA) is 70.7 Å². The van der Waals surface area contributed by atoms with Crippen LogP contribution in [0.3, 0.4) is 0 Å². The number of carbonyl (C=O) groups is 2. The van der Waals surface area contributed by atoms with Crippen molar-refractivity contribution in [1.82, 2.24) is 0 Å². The third kappa shape index (κ3) is 4.21. The summed E-state index contributed by atoms with van der Waals surface area (Å²) in [5.74, 6) is 0.0935. The van der Waals surface area contributed by atoms with Crippen LogP contribution in [0.2, 0.25) is 0 Å². The Kier molecular flexibility index (Phi) is 5.16. The molecule has 0 bridgehead atoms. The van der Waals surface area contributed by atoms with E-state index in [0.717, 1.165) is 11.4 Å². The highest BCUT2D eigenvalue weighted by Crippen LogP contribution is 2.33. The van der Waals surface area contributed by atoms with Crippen LogP contribution in [0.1, 0.15) is 6.92 Å². The van der Waals surface area contributed by atoms with Crippen molar-refractivity contribution in [2.45, 2.75) is 13.0 Å². The minimum Gasteiger partial charge on any atom is -0.479 e. The highest BCUT2D eigenvalue weighted by molar-refractivity contribution is 6.06. The molecular formula is C23H21N3O3. The molecule has 0 aliphatic carbocycles. The number of fused-ring (bicyclic) bond motifs is 1. The fourth-order valence-electron chi connectivity index (χ4n) is 3.19. The number of amides is 2. The number of nitrogens with one attached hydrogen (secondary N) is 2. The number of ether oxygens (including phenoxy) is 1. The molecular weight excluding hydrogens is 366 g/mol. The van der Waals surface area contributed by atoms with Crippen LogP contribution in [-0.2, 0) is 9.59 Å². The van der Waals surface area contributed by atoms with E-state index in [1.165, 1.54) is 4.90 Å². The molecule has 0 spiro atoms. The molecule has 3 aromatic rings. The second-order valence-corrected chi connectivity index (χ2v) is 6.77. The van der Waals surface area contributed by atoms with Gasteiger partial charge in [0.1, 0.15) is 12.3 Å². The van der Waals surface area contributed by atoms with Crippen LogP contribution in [0.15, 0.2) is 78.9 Å².